The van der Waals surface area contributed by atoms with Crippen LogP contribution >= 0.6 is 0 Å². The molecule has 1 aliphatic rings. The molecule has 0 bridgehead atoms. The molecule has 0 unspecified atom stereocenters. The number of halogens is 2. The number of piperidine rings is 1. The van der Waals surface area contributed by atoms with Gasteiger partial charge in [0.1, 0.15) is 0 Å². The number of nitrogens with zero attached hydrogens (tertiary/aromatic N) is 1. The molecule has 1 nitrogen and oxygen atoms in total. The first kappa shape index (κ1) is 8.91. The fourth-order valence-corrected chi connectivity index (χ4v) is 1.42. The van der Waals surface area contributed by atoms with E-state index in [0.717, 1.165) is 13.0 Å². The van der Waals surface area contributed by atoms with Gasteiger partial charge in [-0.3, -0.25) is 0 Å². The molecule has 1 fully saturated rings. The first-order valence-corrected chi connectivity index (χ1v) is 4.24. The smallest absolute Gasteiger partial charge is 0.250 e. The molecule has 0 spiro atoms. The van der Waals surface area contributed by atoms with Crippen LogP contribution in [0.5, 0.6) is 0 Å². The van der Waals surface area contributed by atoms with E-state index in [1.54, 1.807) is 0 Å². The summed E-state index contributed by atoms with van der Waals surface area (Å²) >= 11 is 0. The predicted octanol–water partition coefficient (Wildman–Crippen LogP) is 2.13. The average molecular weight is 163 g/mol. The highest BCUT2D eigenvalue weighted by Crippen LogP contribution is 2.27. The van der Waals surface area contributed by atoms with Gasteiger partial charge >= 0.3 is 0 Å². The summed E-state index contributed by atoms with van der Waals surface area (Å²) < 4.78 is 25.2. The summed E-state index contributed by atoms with van der Waals surface area (Å²) in [6.07, 6.45) is 1.16. The normalized spacial score (nSPS) is 25.4. The van der Waals surface area contributed by atoms with E-state index in [1.807, 2.05) is 0 Å². The Balaban J connectivity index is 2.25. The number of hydrogen-bond acceptors (Lipinski definition) is 1. The molecule has 1 heterocycles. The van der Waals surface area contributed by atoms with Crippen LogP contribution in [0.25, 0.3) is 0 Å². The SMILES string of the molecule is CCCN1CCC(F)(F)CC1. The molecule has 3 heteroatoms. The van der Waals surface area contributed by atoms with Crippen molar-refractivity contribution in [2.75, 3.05) is 19.6 Å². The number of hydrogen-bond donors (Lipinski definition) is 0. The Morgan fingerprint density at radius 2 is 1.82 bits per heavy atom. The van der Waals surface area contributed by atoms with E-state index in [-0.39, 0.29) is 12.8 Å². The van der Waals surface area contributed by atoms with Crippen molar-refractivity contribution >= 4 is 0 Å². The van der Waals surface area contributed by atoms with Gasteiger partial charge in [-0.25, -0.2) is 8.78 Å². The maximum absolute atomic E-state index is 12.6. The van der Waals surface area contributed by atoms with Crippen LogP contribution in [0.4, 0.5) is 8.78 Å². The van der Waals surface area contributed by atoms with Crippen molar-refractivity contribution in [1.82, 2.24) is 4.90 Å². The van der Waals surface area contributed by atoms with Crippen LogP contribution in [-0.4, -0.2) is 30.5 Å². The van der Waals surface area contributed by atoms with Gasteiger partial charge in [0.2, 0.25) is 0 Å². The second-order valence-corrected chi connectivity index (χ2v) is 3.20. The van der Waals surface area contributed by atoms with Gasteiger partial charge < -0.3 is 4.90 Å². The van der Waals surface area contributed by atoms with E-state index in [2.05, 4.69) is 11.8 Å². The average Bonchev–Trinajstić information content (AvgIpc) is 1.94. The van der Waals surface area contributed by atoms with Gasteiger partial charge in [0.15, 0.2) is 0 Å². The van der Waals surface area contributed by atoms with Crippen molar-refractivity contribution in [3.05, 3.63) is 0 Å². The van der Waals surface area contributed by atoms with E-state index >= 15 is 0 Å². The van der Waals surface area contributed by atoms with E-state index in [0.29, 0.717) is 13.1 Å². The van der Waals surface area contributed by atoms with Crippen molar-refractivity contribution in [1.29, 1.82) is 0 Å². The minimum atomic E-state index is -2.38. The Morgan fingerprint density at radius 1 is 1.27 bits per heavy atom. The highest BCUT2D eigenvalue weighted by atomic mass is 19.3. The van der Waals surface area contributed by atoms with Crippen LogP contribution in [0.1, 0.15) is 26.2 Å². The second kappa shape index (κ2) is 3.48. The Labute approximate surface area is 66.4 Å². The summed E-state index contributed by atoms with van der Waals surface area (Å²) in [6, 6.07) is 0. The third kappa shape index (κ3) is 2.73. The van der Waals surface area contributed by atoms with Crippen LogP contribution in [0.15, 0.2) is 0 Å². The van der Waals surface area contributed by atoms with E-state index in [1.165, 1.54) is 0 Å². The van der Waals surface area contributed by atoms with Crippen LogP contribution < -0.4 is 0 Å². The standard InChI is InChI=1S/C8H15F2N/c1-2-5-11-6-3-8(9,10)4-7-11/h2-7H2,1H3. The third-order valence-electron chi connectivity index (χ3n) is 2.13. The summed E-state index contributed by atoms with van der Waals surface area (Å²) in [7, 11) is 0. The molecule has 0 aliphatic carbocycles. The lowest BCUT2D eigenvalue weighted by molar-refractivity contribution is -0.0549. The van der Waals surface area contributed by atoms with Gasteiger partial charge in [0, 0.05) is 25.9 Å². The molecule has 11 heavy (non-hydrogen) atoms. The molecule has 1 rings (SSSR count). The minimum absolute atomic E-state index is 0.0486. The molecule has 0 radical (unpaired) electrons. The summed E-state index contributed by atoms with van der Waals surface area (Å²) in [6.45, 7) is 4.19. The Hall–Kier alpha value is -0.180. The van der Waals surface area contributed by atoms with Gasteiger partial charge in [-0.15, -0.1) is 0 Å². The van der Waals surface area contributed by atoms with Gasteiger partial charge in [-0.1, -0.05) is 6.92 Å². The Bertz CT molecular complexity index is 115. The lowest BCUT2D eigenvalue weighted by Crippen LogP contribution is -2.39. The molecule has 0 saturated carbocycles. The molecule has 1 aliphatic heterocycles. The molecule has 0 aromatic rings. The van der Waals surface area contributed by atoms with Gasteiger partial charge in [0.25, 0.3) is 5.92 Å². The zero-order valence-electron chi connectivity index (χ0n) is 6.95. The van der Waals surface area contributed by atoms with Gasteiger partial charge in [0.05, 0.1) is 0 Å². The number of likely N-dealkylation sites (tertiary alicyclic amines) is 1. The summed E-state index contributed by atoms with van der Waals surface area (Å²) in [5, 5.41) is 0. The van der Waals surface area contributed by atoms with Crippen LogP contribution in [0.2, 0.25) is 0 Å². The van der Waals surface area contributed by atoms with E-state index in [4.69, 9.17) is 0 Å². The zero-order valence-corrected chi connectivity index (χ0v) is 6.95. The fourth-order valence-electron chi connectivity index (χ4n) is 1.42. The molecular formula is C8H15F2N. The molecule has 0 aromatic carbocycles. The second-order valence-electron chi connectivity index (χ2n) is 3.20. The quantitative estimate of drug-likeness (QED) is 0.602. The monoisotopic (exact) mass is 163 g/mol. The van der Waals surface area contributed by atoms with Crippen molar-refractivity contribution in [3.8, 4) is 0 Å². The lowest BCUT2D eigenvalue weighted by atomic mass is 10.1. The number of alkyl halides is 2. The highest BCUT2D eigenvalue weighted by Gasteiger charge is 2.33. The molecule has 0 atom stereocenters. The van der Waals surface area contributed by atoms with Gasteiger partial charge in [-0.05, 0) is 13.0 Å². The molecule has 1 saturated heterocycles. The van der Waals surface area contributed by atoms with Crippen molar-refractivity contribution in [2.45, 2.75) is 32.1 Å². The minimum Gasteiger partial charge on any atom is -0.303 e. The van der Waals surface area contributed by atoms with Crippen LogP contribution in [-0.2, 0) is 0 Å². The largest absolute Gasteiger partial charge is 0.303 e. The molecular weight excluding hydrogens is 148 g/mol. The first-order chi connectivity index (χ1) is 5.14. The molecule has 66 valence electrons. The molecule has 0 amide bonds. The molecule has 0 N–H and O–H groups in total. The van der Waals surface area contributed by atoms with Crippen LogP contribution in [0.3, 0.4) is 0 Å². The lowest BCUT2D eigenvalue weighted by Gasteiger charge is -2.31. The summed E-state index contributed by atoms with van der Waals surface area (Å²) in [4.78, 5) is 2.11. The Kier molecular flexibility index (Phi) is 2.82. The van der Waals surface area contributed by atoms with E-state index in [9.17, 15) is 8.78 Å². The van der Waals surface area contributed by atoms with Crippen LogP contribution in [0, 0.1) is 0 Å². The fraction of sp³-hybridized carbons (Fsp3) is 1.00. The summed E-state index contributed by atoms with van der Waals surface area (Å²) in [5.41, 5.74) is 0. The highest BCUT2D eigenvalue weighted by molar-refractivity contribution is 4.76. The van der Waals surface area contributed by atoms with Crippen molar-refractivity contribution in [3.63, 3.8) is 0 Å². The van der Waals surface area contributed by atoms with E-state index < -0.39 is 5.92 Å². The first-order valence-electron chi connectivity index (χ1n) is 4.24. The maximum atomic E-state index is 12.6. The van der Waals surface area contributed by atoms with Crippen molar-refractivity contribution < 1.29 is 8.78 Å². The summed E-state index contributed by atoms with van der Waals surface area (Å²) in [5.74, 6) is -2.38. The maximum Gasteiger partial charge on any atom is 0.250 e. The zero-order chi connectivity index (χ0) is 8.32. The van der Waals surface area contributed by atoms with Crippen molar-refractivity contribution in [2.24, 2.45) is 0 Å². The predicted molar refractivity (Wildman–Crippen MR) is 40.9 cm³/mol. The Morgan fingerprint density at radius 3 is 2.27 bits per heavy atom. The van der Waals surface area contributed by atoms with Gasteiger partial charge in [-0.2, -0.15) is 0 Å². The molecule has 0 aromatic heterocycles. The third-order valence-corrected chi connectivity index (χ3v) is 2.13. The number of rotatable bonds is 2. The topological polar surface area (TPSA) is 3.24 Å².